The highest BCUT2D eigenvalue weighted by atomic mass is 32.2. The van der Waals surface area contributed by atoms with Crippen LogP contribution in [0.3, 0.4) is 0 Å². The largest absolute Gasteiger partial charge is 0.332 e. The maximum absolute atomic E-state index is 13.7. The molecular weight excluding hydrogens is 464 g/mol. The Morgan fingerprint density at radius 3 is 2.32 bits per heavy atom. The number of fused-ring (bicyclic) bond motifs is 1. The van der Waals surface area contributed by atoms with Crippen molar-refractivity contribution in [1.82, 2.24) is 9.21 Å². The van der Waals surface area contributed by atoms with E-state index in [0.29, 0.717) is 24.9 Å². The second-order valence-corrected chi connectivity index (χ2v) is 11.1. The van der Waals surface area contributed by atoms with Gasteiger partial charge in [0, 0.05) is 23.4 Å². The summed E-state index contributed by atoms with van der Waals surface area (Å²) in [4.78, 5) is 16.6. The fourth-order valence-electron chi connectivity index (χ4n) is 3.97. The zero-order valence-corrected chi connectivity index (χ0v) is 20.8. The van der Waals surface area contributed by atoms with Crippen molar-refractivity contribution in [1.29, 1.82) is 0 Å². The summed E-state index contributed by atoms with van der Waals surface area (Å²) >= 11 is 1.59. The van der Waals surface area contributed by atoms with Crippen molar-refractivity contribution < 1.29 is 13.2 Å². The molecule has 5 nitrogen and oxygen atoms in total. The zero-order valence-electron chi connectivity index (χ0n) is 19.1. The Labute approximate surface area is 205 Å². The number of carbonyl (C=O) groups is 1. The highest BCUT2D eigenvalue weighted by Crippen LogP contribution is 2.26. The zero-order chi connectivity index (χ0) is 24.0. The topological polar surface area (TPSA) is 57.7 Å². The summed E-state index contributed by atoms with van der Waals surface area (Å²) in [6.07, 6.45) is 0.612. The lowest BCUT2D eigenvalue weighted by atomic mass is 10.1. The Bertz CT molecular complexity index is 1330. The van der Waals surface area contributed by atoms with Crippen molar-refractivity contribution in [2.45, 2.75) is 31.3 Å². The summed E-state index contributed by atoms with van der Waals surface area (Å²) in [6.45, 7) is 2.86. The first kappa shape index (κ1) is 24.1. The molecule has 7 heteroatoms. The summed E-state index contributed by atoms with van der Waals surface area (Å²) in [5.41, 5.74) is 1.01. The molecule has 0 bridgehead atoms. The fourth-order valence-corrected chi connectivity index (χ4v) is 6.39. The van der Waals surface area contributed by atoms with Crippen molar-refractivity contribution in [3.63, 3.8) is 0 Å². The molecule has 0 saturated heterocycles. The second-order valence-electron chi connectivity index (χ2n) is 8.13. The molecule has 0 aliphatic carbocycles. The van der Waals surface area contributed by atoms with Gasteiger partial charge in [0.25, 0.3) is 0 Å². The molecule has 0 fully saturated rings. The van der Waals surface area contributed by atoms with Gasteiger partial charge >= 0.3 is 0 Å². The Morgan fingerprint density at radius 2 is 1.59 bits per heavy atom. The number of amides is 1. The molecule has 0 aliphatic rings. The van der Waals surface area contributed by atoms with Gasteiger partial charge in [-0.1, -0.05) is 79.7 Å². The van der Waals surface area contributed by atoms with Crippen LogP contribution in [0, 0.1) is 0 Å². The van der Waals surface area contributed by atoms with Crippen LogP contribution < -0.4 is 0 Å². The minimum absolute atomic E-state index is 0.197. The first-order chi connectivity index (χ1) is 16.5. The smallest absolute Gasteiger partial charge is 0.244 e. The summed E-state index contributed by atoms with van der Waals surface area (Å²) in [7, 11) is -3.86. The molecule has 34 heavy (non-hydrogen) atoms. The van der Waals surface area contributed by atoms with Crippen LogP contribution in [-0.4, -0.2) is 36.6 Å². The highest BCUT2D eigenvalue weighted by molar-refractivity contribution is 7.89. The summed E-state index contributed by atoms with van der Waals surface area (Å²) in [6, 6.07) is 26.4. The average molecular weight is 493 g/mol. The third-order valence-corrected chi connectivity index (χ3v) is 8.41. The van der Waals surface area contributed by atoms with Crippen molar-refractivity contribution in [2.24, 2.45) is 0 Å². The molecule has 0 N–H and O–H groups in total. The number of nitrogens with zero attached hydrogens (tertiary/aromatic N) is 2. The molecule has 3 aromatic carbocycles. The van der Waals surface area contributed by atoms with E-state index in [1.54, 1.807) is 28.4 Å². The molecule has 0 atom stereocenters. The summed E-state index contributed by atoms with van der Waals surface area (Å²) in [5.74, 6) is -0.213. The average Bonchev–Trinajstić information content (AvgIpc) is 3.37. The molecule has 4 aromatic rings. The number of thiophene rings is 1. The van der Waals surface area contributed by atoms with Crippen molar-refractivity contribution in [3.8, 4) is 0 Å². The molecule has 1 aromatic heterocycles. The second kappa shape index (κ2) is 11.0. The fraction of sp³-hybridized carbons (Fsp3) is 0.222. The van der Waals surface area contributed by atoms with E-state index in [1.807, 2.05) is 85.1 Å². The monoisotopic (exact) mass is 492 g/mol. The summed E-state index contributed by atoms with van der Waals surface area (Å²) in [5, 5.41) is 3.50. The van der Waals surface area contributed by atoms with Crippen LogP contribution in [0.2, 0.25) is 0 Å². The molecule has 1 heterocycles. The van der Waals surface area contributed by atoms with Gasteiger partial charge in [0.15, 0.2) is 0 Å². The lowest BCUT2D eigenvalue weighted by Crippen LogP contribution is -2.42. The Balaban J connectivity index is 1.63. The predicted molar refractivity (Wildman–Crippen MR) is 138 cm³/mol. The highest BCUT2D eigenvalue weighted by Gasteiger charge is 2.29. The Hall–Kier alpha value is -3.00. The van der Waals surface area contributed by atoms with E-state index in [-0.39, 0.29) is 23.9 Å². The number of hydrogen-bond donors (Lipinski definition) is 0. The summed E-state index contributed by atoms with van der Waals surface area (Å²) < 4.78 is 28.8. The van der Waals surface area contributed by atoms with Gasteiger partial charge in [0.2, 0.25) is 15.9 Å². The minimum Gasteiger partial charge on any atom is -0.332 e. The quantitative estimate of drug-likeness (QED) is 0.292. The van der Waals surface area contributed by atoms with Gasteiger partial charge in [-0.05, 0) is 34.9 Å². The Morgan fingerprint density at radius 1 is 0.853 bits per heavy atom. The van der Waals surface area contributed by atoms with Crippen LogP contribution in [0.25, 0.3) is 10.8 Å². The third kappa shape index (κ3) is 5.55. The third-order valence-electron chi connectivity index (χ3n) is 5.65. The van der Waals surface area contributed by atoms with E-state index >= 15 is 0 Å². The lowest BCUT2D eigenvalue weighted by molar-refractivity contribution is -0.132. The molecule has 1 amide bonds. The number of carbonyl (C=O) groups excluding carboxylic acids is 1. The van der Waals surface area contributed by atoms with Gasteiger partial charge in [-0.25, -0.2) is 8.42 Å². The predicted octanol–water partition coefficient (Wildman–Crippen LogP) is 5.53. The van der Waals surface area contributed by atoms with Gasteiger partial charge in [0.05, 0.1) is 18.0 Å². The van der Waals surface area contributed by atoms with E-state index < -0.39 is 10.0 Å². The van der Waals surface area contributed by atoms with E-state index in [2.05, 4.69) is 0 Å². The van der Waals surface area contributed by atoms with Crippen molar-refractivity contribution in [3.05, 3.63) is 101 Å². The van der Waals surface area contributed by atoms with E-state index in [0.717, 1.165) is 15.8 Å². The molecule has 0 radical (unpaired) electrons. The minimum atomic E-state index is -3.86. The molecule has 176 valence electrons. The van der Waals surface area contributed by atoms with Crippen LogP contribution >= 0.6 is 11.3 Å². The van der Waals surface area contributed by atoms with Crippen molar-refractivity contribution >= 4 is 38.0 Å². The number of benzene rings is 3. The van der Waals surface area contributed by atoms with E-state index in [9.17, 15) is 13.2 Å². The Kier molecular flexibility index (Phi) is 7.77. The number of hydrogen-bond acceptors (Lipinski definition) is 4. The first-order valence-electron chi connectivity index (χ1n) is 11.3. The van der Waals surface area contributed by atoms with Crippen LogP contribution in [0.15, 0.2) is 95.2 Å². The van der Waals surface area contributed by atoms with Crippen LogP contribution in [-0.2, 0) is 27.9 Å². The SMILES string of the molecule is CCCN(CC(=O)N(Cc1ccccc1)Cc1cccs1)S(=O)(=O)c1cccc2ccccc12. The molecule has 0 aliphatic heterocycles. The standard InChI is InChI=1S/C27H28N2O3S2/c1-2-17-29(34(31,32)26-16-8-13-23-12-6-7-15-25(23)26)21-27(30)28(20-24-14-9-18-33-24)19-22-10-4-3-5-11-22/h3-16,18H,2,17,19-21H2,1H3. The van der Waals surface area contributed by atoms with Crippen LogP contribution in [0.4, 0.5) is 0 Å². The maximum atomic E-state index is 13.7. The van der Waals surface area contributed by atoms with Crippen molar-refractivity contribution in [2.75, 3.05) is 13.1 Å². The number of sulfonamides is 1. The van der Waals surface area contributed by atoms with Crippen LogP contribution in [0.1, 0.15) is 23.8 Å². The molecule has 0 saturated carbocycles. The molecule has 0 spiro atoms. The normalized spacial score (nSPS) is 11.7. The molecule has 0 unspecified atom stereocenters. The van der Waals surface area contributed by atoms with Gasteiger partial charge in [-0.3, -0.25) is 4.79 Å². The number of rotatable bonds is 10. The molecular formula is C27H28N2O3S2. The van der Waals surface area contributed by atoms with E-state index in [1.165, 1.54) is 4.31 Å². The van der Waals surface area contributed by atoms with Gasteiger partial charge in [0.1, 0.15) is 0 Å². The lowest BCUT2D eigenvalue weighted by Gasteiger charge is -2.27. The maximum Gasteiger partial charge on any atom is 0.244 e. The molecule has 4 rings (SSSR count). The first-order valence-corrected chi connectivity index (χ1v) is 13.6. The van der Waals surface area contributed by atoms with Gasteiger partial charge < -0.3 is 4.90 Å². The van der Waals surface area contributed by atoms with E-state index in [4.69, 9.17) is 0 Å². The van der Waals surface area contributed by atoms with Gasteiger partial charge in [-0.15, -0.1) is 11.3 Å². The van der Waals surface area contributed by atoms with Gasteiger partial charge in [-0.2, -0.15) is 4.31 Å². The van der Waals surface area contributed by atoms with Crippen LogP contribution in [0.5, 0.6) is 0 Å².